The molecule has 0 aliphatic carbocycles. The highest BCUT2D eigenvalue weighted by molar-refractivity contribution is 7.98. The van der Waals surface area contributed by atoms with E-state index in [1.54, 1.807) is 0 Å². The molecule has 2 heterocycles. The fraction of sp³-hybridized carbons (Fsp3) is 0.278. The second-order valence-corrected chi connectivity index (χ2v) is 7.58. The number of amides is 1. The number of nitrogens with zero attached hydrogens (tertiary/aromatic N) is 2. The number of carbonyl (C=O) groups excluding carboxylic acids is 1. The van der Waals surface area contributed by atoms with Crippen LogP contribution in [0.1, 0.15) is 17.4 Å². The van der Waals surface area contributed by atoms with Crippen LogP contribution in [0, 0.1) is 6.92 Å². The number of hydrogen-bond donors (Lipinski definition) is 1. The second-order valence-electron chi connectivity index (χ2n) is 5.69. The number of aromatic nitrogens is 2. The summed E-state index contributed by atoms with van der Waals surface area (Å²) in [5.41, 5.74) is 1.68. The monoisotopic (exact) mass is 373 g/mol. The first-order valence-electron chi connectivity index (χ1n) is 7.95. The molecule has 0 spiro atoms. The summed E-state index contributed by atoms with van der Waals surface area (Å²) < 4.78 is 1.45. The Kier molecular flexibility index (Phi) is 5.24. The predicted molar refractivity (Wildman–Crippen MR) is 105 cm³/mol. The number of thiophene rings is 1. The Morgan fingerprint density at radius 3 is 2.68 bits per heavy atom. The molecule has 0 fully saturated rings. The number of hydrogen-bond acceptors (Lipinski definition) is 5. The van der Waals surface area contributed by atoms with Gasteiger partial charge >= 0.3 is 0 Å². The lowest BCUT2D eigenvalue weighted by Crippen LogP contribution is -2.29. The summed E-state index contributed by atoms with van der Waals surface area (Å²) in [4.78, 5) is 31.6. The molecule has 130 valence electrons. The van der Waals surface area contributed by atoms with Crippen molar-refractivity contribution in [3.05, 3.63) is 51.1 Å². The summed E-state index contributed by atoms with van der Waals surface area (Å²) in [6.07, 6.45) is 2.72. The van der Waals surface area contributed by atoms with E-state index in [1.165, 1.54) is 27.7 Å². The van der Waals surface area contributed by atoms with Crippen molar-refractivity contribution in [1.82, 2.24) is 9.55 Å². The molecule has 0 radical (unpaired) electrons. The molecular formula is C18H19N3O2S2. The van der Waals surface area contributed by atoms with Crippen molar-refractivity contribution in [2.45, 2.75) is 32.0 Å². The standard InChI is InChI=1S/C18H19N3O2S2/c1-4-13-9-14-16(25-13)20-18(24-3)21(17(14)23)10-15(22)19-12-7-5-11(2)6-8-12/h5-9H,4,10H2,1-3H3,(H,19,22). The summed E-state index contributed by atoms with van der Waals surface area (Å²) in [6, 6.07) is 9.44. The molecule has 0 aliphatic heterocycles. The number of rotatable bonds is 5. The van der Waals surface area contributed by atoms with Crippen molar-refractivity contribution in [3.8, 4) is 0 Å². The van der Waals surface area contributed by atoms with Gasteiger partial charge in [-0.3, -0.25) is 14.2 Å². The zero-order chi connectivity index (χ0) is 18.0. The van der Waals surface area contributed by atoms with E-state index in [2.05, 4.69) is 10.3 Å². The number of anilines is 1. The van der Waals surface area contributed by atoms with E-state index < -0.39 is 0 Å². The maximum Gasteiger partial charge on any atom is 0.263 e. The fourth-order valence-corrected chi connectivity index (χ4v) is 4.06. The number of carbonyl (C=O) groups is 1. The lowest BCUT2D eigenvalue weighted by atomic mass is 10.2. The van der Waals surface area contributed by atoms with Gasteiger partial charge < -0.3 is 5.32 Å². The van der Waals surface area contributed by atoms with Gasteiger partial charge in [-0.25, -0.2) is 4.98 Å². The third kappa shape index (κ3) is 3.77. The molecule has 0 saturated carbocycles. The summed E-state index contributed by atoms with van der Waals surface area (Å²) in [5.74, 6) is -0.242. The van der Waals surface area contributed by atoms with Gasteiger partial charge in [0.05, 0.1) is 5.39 Å². The van der Waals surface area contributed by atoms with Crippen molar-refractivity contribution in [3.63, 3.8) is 0 Å². The van der Waals surface area contributed by atoms with Crippen LogP contribution >= 0.6 is 23.1 Å². The van der Waals surface area contributed by atoms with Gasteiger partial charge in [0.15, 0.2) is 5.16 Å². The largest absolute Gasteiger partial charge is 0.325 e. The van der Waals surface area contributed by atoms with E-state index in [4.69, 9.17) is 0 Å². The zero-order valence-electron chi connectivity index (χ0n) is 14.3. The molecule has 0 atom stereocenters. The topological polar surface area (TPSA) is 64.0 Å². The fourth-order valence-electron chi connectivity index (χ4n) is 2.50. The number of aryl methyl sites for hydroxylation is 2. The molecule has 7 heteroatoms. The molecule has 25 heavy (non-hydrogen) atoms. The van der Waals surface area contributed by atoms with E-state index >= 15 is 0 Å². The number of fused-ring (bicyclic) bond motifs is 1. The van der Waals surface area contributed by atoms with Crippen LogP contribution in [0.4, 0.5) is 5.69 Å². The lowest BCUT2D eigenvalue weighted by molar-refractivity contribution is -0.116. The van der Waals surface area contributed by atoms with E-state index in [1.807, 2.05) is 50.4 Å². The van der Waals surface area contributed by atoms with Gasteiger partial charge in [0.2, 0.25) is 5.91 Å². The van der Waals surface area contributed by atoms with Crippen molar-refractivity contribution in [2.24, 2.45) is 0 Å². The van der Waals surface area contributed by atoms with Crippen LogP contribution in [-0.2, 0) is 17.8 Å². The van der Waals surface area contributed by atoms with Crippen LogP contribution in [0.5, 0.6) is 0 Å². The van der Waals surface area contributed by atoms with Crippen LogP contribution in [0.25, 0.3) is 10.2 Å². The van der Waals surface area contributed by atoms with Crippen molar-refractivity contribution in [2.75, 3.05) is 11.6 Å². The Balaban J connectivity index is 1.91. The molecular weight excluding hydrogens is 354 g/mol. The molecule has 3 rings (SSSR count). The van der Waals surface area contributed by atoms with Gasteiger partial charge in [-0.05, 0) is 37.8 Å². The van der Waals surface area contributed by atoms with Crippen LogP contribution in [0.15, 0.2) is 40.3 Å². The highest BCUT2D eigenvalue weighted by Crippen LogP contribution is 2.24. The lowest BCUT2D eigenvalue weighted by Gasteiger charge is -2.11. The minimum atomic E-state index is -0.242. The van der Waals surface area contributed by atoms with E-state index in [9.17, 15) is 9.59 Å². The maximum absolute atomic E-state index is 12.8. The third-order valence-corrected chi connectivity index (χ3v) is 5.69. The van der Waals surface area contributed by atoms with Gasteiger partial charge in [0.25, 0.3) is 5.56 Å². The van der Waals surface area contributed by atoms with Gasteiger partial charge in [-0.2, -0.15) is 0 Å². The second kappa shape index (κ2) is 7.41. The third-order valence-electron chi connectivity index (χ3n) is 3.84. The molecule has 1 amide bonds. The van der Waals surface area contributed by atoms with E-state index in [-0.39, 0.29) is 18.0 Å². The normalized spacial score (nSPS) is 11.0. The molecule has 0 unspecified atom stereocenters. The number of benzene rings is 1. The minimum absolute atomic E-state index is 0.0525. The summed E-state index contributed by atoms with van der Waals surface area (Å²) >= 11 is 2.90. The Morgan fingerprint density at radius 1 is 1.32 bits per heavy atom. The van der Waals surface area contributed by atoms with E-state index in [0.29, 0.717) is 16.2 Å². The average Bonchev–Trinajstić information content (AvgIpc) is 3.03. The van der Waals surface area contributed by atoms with E-state index in [0.717, 1.165) is 21.7 Å². The Bertz CT molecular complexity index is 974. The molecule has 5 nitrogen and oxygen atoms in total. The highest BCUT2D eigenvalue weighted by atomic mass is 32.2. The van der Waals surface area contributed by atoms with Crippen molar-refractivity contribution in [1.29, 1.82) is 0 Å². The number of thioether (sulfide) groups is 1. The number of nitrogens with one attached hydrogen (secondary N) is 1. The van der Waals surface area contributed by atoms with Crippen LogP contribution in [0.3, 0.4) is 0 Å². The van der Waals surface area contributed by atoms with Gasteiger partial charge in [-0.1, -0.05) is 36.4 Å². The summed E-state index contributed by atoms with van der Waals surface area (Å²) in [7, 11) is 0. The molecule has 2 aromatic heterocycles. The Morgan fingerprint density at radius 2 is 2.04 bits per heavy atom. The summed E-state index contributed by atoms with van der Waals surface area (Å²) in [6.45, 7) is 3.99. The van der Waals surface area contributed by atoms with Crippen LogP contribution in [0.2, 0.25) is 0 Å². The first kappa shape index (κ1) is 17.7. The molecule has 1 aromatic carbocycles. The van der Waals surface area contributed by atoms with Gasteiger partial charge in [0.1, 0.15) is 11.4 Å². The Hall–Kier alpha value is -2.12. The average molecular weight is 374 g/mol. The van der Waals surface area contributed by atoms with Gasteiger partial charge in [-0.15, -0.1) is 11.3 Å². The molecule has 3 aromatic rings. The van der Waals surface area contributed by atoms with Gasteiger partial charge in [0, 0.05) is 10.6 Å². The first-order valence-corrected chi connectivity index (χ1v) is 9.99. The maximum atomic E-state index is 12.8. The SMILES string of the molecule is CCc1cc2c(=O)n(CC(=O)Nc3ccc(C)cc3)c(SC)nc2s1. The molecule has 0 aliphatic rings. The zero-order valence-corrected chi connectivity index (χ0v) is 16.0. The van der Waals surface area contributed by atoms with Crippen LogP contribution < -0.4 is 10.9 Å². The van der Waals surface area contributed by atoms with Crippen LogP contribution in [-0.4, -0.2) is 21.7 Å². The molecule has 0 bridgehead atoms. The van der Waals surface area contributed by atoms with Crippen molar-refractivity contribution < 1.29 is 4.79 Å². The Labute approximate surface area is 154 Å². The molecule has 0 saturated heterocycles. The quantitative estimate of drug-likeness (QED) is 0.547. The smallest absolute Gasteiger partial charge is 0.263 e. The first-order chi connectivity index (χ1) is 12.0. The molecule has 1 N–H and O–H groups in total. The summed E-state index contributed by atoms with van der Waals surface area (Å²) in [5, 5.41) is 3.97. The predicted octanol–water partition coefficient (Wildman–Crippen LogP) is 3.69. The highest BCUT2D eigenvalue weighted by Gasteiger charge is 2.15. The van der Waals surface area contributed by atoms with Crippen molar-refractivity contribution >= 4 is 44.9 Å². The minimum Gasteiger partial charge on any atom is -0.325 e.